The maximum absolute atomic E-state index is 15.9. The molecule has 1 spiro atoms. The molecular formula is C77H115ClF5N13O13. The van der Waals surface area contributed by atoms with Crippen LogP contribution in [0, 0.1) is 23.7 Å². The minimum Gasteiger partial charge on any atom is -0.343 e. The van der Waals surface area contributed by atoms with E-state index < -0.39 is 223 Å². The number of amides is 13. The number of hydrogen-bond donors (Lipinski definition) is 3. The first kappa shape index (κ1) is 86.9. The molecule has 26 nitrogen and oxygen atoms in total. The predicted octanol–water partition coefficient (Wildman–Crippen LogP) is 6.27. The van der Waals surface area contributed by atoms with E-state index in [4.69, 9.17) is 11.6 Å². The number of aryl methyl sites for hydroxylation is 1. The Kier molecular flexibility index (Phi) is 29.5. The Labute approximate surface area is 642 Å². The summed E-state index contributed by atoms with van der Waals surface area (Å²) in [4.78, 5) is 209. The zero-order valence-corrected chi connectivity index (χ0v) is 66.3. The van der Waals surface area contributed by atoms with Crippen LogP contribution in [0.25, 0.3) is 0 Å². The molecule has 3 aliphatic carbocycles. The number of alkyl halides is 5. The van der Waals surface area contributed by atoms with Crippen molar-refractivity contribution in [1.29, 1.82) is 0 Å². The highest BCUT2D eigenvalue weighted by atomic mass is 35.5. The van der Waals surface area contributed by atoms with Crippen LogP contribution in [-0.2, 0) is 74.9 Å². The van der Waals surface area contributed by atoms with Crippen LogP contribution >= 0.6 is 11.6 Å². The van der Waals surface area contributed by atoms with Crippen molar-refractivity contribution in [2.45, 2.75) is 261 Å². The van der Waals surface area contributed by atoms with Gasteiger partial charge in [-0.25, -0.2) is 8.78 Å². The topological polar surface area (TPSA) is 290 Å². The highest BCUT2D eigenvalue weighted by Gasteiger charge is 2.53. The molecular weight excluding hydrogens is 1450 g/mol. The third-order valence-corrected chi connectivity index (χ3v) is 24.7. The first-order chi connectivity index (χ1) is 51.2. The van der Waals surface area contributed by atoms with Crippen molar-refractivity contribution in [3.05, 3.63) is 34.3 Å². The summed E-state index contributed by atoms with van der Waals surface area (Å²) in [6, 6.07) is -9.42. The highest BCUT2D eigenvalue weighted by molar-refractivity contribution is 6.31. The zero-order valence-electron chi connectivity index (χ0n) is 65.5. The Bertz CT molecular complexity index is 3500. The molecule has 7 aliphatic rings. The van der Waals surface area contributed by atoms with Crippen LogP contribution in [0.5, 0.6) is 0 Å². The van der Waals surface area contributed by atoms with E-state index in [1.165, 1.54) is 83.5 Å². The number of hydrogen-bond acceptors (Lipinski definition) is 13. The molecule has 1 aromatic rings. The van der Waals surface area contributed by atoms with E-state index in [1.807, 2.05) is 20.8 Å². The van der Waals surface area contributed by atoms with E-state index in [1.54, 1.807) is 6.92 Å². The molecule has 1 aromatic carbocycles. The Balaban J connectivity index is 1.22. The summed E-state index contributed by atoms with van der Waals surface area (Å²) in [6.07, 6.45) is 0.0993. The Hall–Kier alpha value is -7.73. The van der Waals surface area contributed by atoms with Gasteiger partial charge in [0.2, 0.25) is 76.8 Å². The van der Waals surface area contributed by atoms with Crippen molar-refractivity contribution in [1.82, 2.24) is 64.9 Å². The van der Waals surface area contributed by atoms with Crippen molar-refractivity contribution in [2.24, 2.45) is 23.7 Å². The van der Waals surface area contributed by atoms with Crippen LogP contribution in [0.2, 0.25) is 5.02 Å². The quantitative estimate of drug-likeness (QED) is 0.184. The molecule has 0 aromatic heterocycles. The number of carbonyl (C=O) groups excluding carboxylic acids is 13. The predicted molar refractivity (Wildman–Crippen MR) is 394 cm³/mol. The van der Waals surface area contributed by atoms with Crippen molar-refractivity contribution >= 4 is 88.4 Å². The highest BCUT2D eigenvalue weighted by Crippen LogP contribution is 2.39. The largest absolute Gasteiger partial charge is 0.417 e. The number of nitrogens with zero attached hydrogens (tertiary/aromatic N) is 10. The number of likely N-dealkylation sites (N-methyl/N-ethyl adjacent to an activating group) is 7. The van der Waals surface area contributed by atoms with Crippen molar-refractivity contribution < 1.29 is 84.3 Å². The second-order valence-electron chi connectivity index (χ2n) is 32.3. The van der Waals surface area contributed by atoms with Crippen LogP contribution in [0.4, 0.5) is 22.0 Å². The van der Waals surface area contributed by atoms with Gasteiger partial charge in [-0.2, -0.15) is 13.2 Å². The standard InChI is InChI=1S/C77H115ClF5N13O13/c1-13-47(4)63-72(107)88(7)48(5)67(102)96-37-30-55(96)70(105)91(10)58(42-49-22-15-14-16-23-49)69(104)87(6)45-60(97)84-54(29-27-50-26-28-52(53(78)41-50)77(81,82)83)68(103)90(9)57(43-62(99)94-38-33-76(79,80)34-39-94)66(101)86-75(31-19-20-32-75)74(109)93(12)64(51-24-17-18-25-51)73(108)92(11)59(71(106)95-35-21-36-95)44-61(98)89(8)56(40-46(2)3)65(100)85-63/h26,28,41,46-49,51,54-59,63-64H,13-25,27,29-40,42-45H2,1-12H3,(H,84,97)(H,85,100)(H,86,101)/t47-,48-,54-,55-,56-,57-,58-,59-,63-,64-/m0/s1. The minimum absolute atomic E-state index is 0.0161. The monoisotopic (exact) mass is 1560 g/mol. The molecule has 4 saturated heterocycles. The van der Waals surface area contributed by atoms with Gasteiger partial charge in [0.1, 0.15) is 59.9 Å². The summed E-state index contributed by atoms with van der Waals surface area (Å²) in [5.74, 6) is -14.3. The second-order valence-corrected chi connectivity index (χ2v) is 32.7. The van der Waals surface area contributed by atoms with Gasteiger partial charge >= 0.3 is 6.18 Å². The summed E-state index contributed by atoms with van der Waals surface area (Å²) in [7, 11) is 9.51. The molecule has 4 heterocycles. The minimum atomic E-state index is -4.84. The summed E-state index contributed by atoms with van der Waals surface area (Å²) < 4.78 is 71.5. The van der Waals surface area contributed by atoms with Crippen molar-refractivity contribution in [3.63, 3.8) is 0 Å². The molecule has 0 radical (unpaired) electrons. The van der Waals surface area contributed by atoms with Crippen LogP contribution < -0.4 is 16.0 Å². The second kappa shape index (κ2) is 37.1. The molecule has 4 aliphatic heterocycles. The van der Waals surface area contributed by atoms with Gasteiger partial charge in [-0.05, 0) is 112 Å². The van der Waals surface area contributed by atoms with Gasteiger partial charge in [0.05, 0.1) is 30.0 Å². The third kappa shape index (κ3) is 20.7. The lowest BCUT2D eigenvalue weighted by Crippen LogP contribution is -2.66. The molecule has 608 valence electrons. The SMILES string of the molecule is CC[C@H](C)[C@@H]1NC(=O)[C@H](CC(C)C)N(C)C(=O)C[C@@H](C(=O)N2CCC2)N(C)C(=O)[C@H](C2CCCC2)N(C)C(=O)C2(CCCC2)NC(=O)[C@H](CC(=O)N2CCC(F)(F)CC2)N(C)C(=O)[C@H](CCc2ccc(C(F)(F)F)c(Cl)c2)NC(=O)CN(C)C(=O)[C@H](CC2CCCCC2)N(C)C(=O)[C@@H]2CCN2C(=O)[C@H](C)N(C)C1=O. The van der Waals surface area contributed by atoms with Gasteiger partial charge in [0.15, 0.2) is 0 Å². The Morgan fingerprint density at radius 2 is 1.24 bits per heavy atom. The Morgan fingerprint density at radius 3 is 1.80 bits per heavy atom. The van der Waals surface area contributed by atoms with Gasteiger partial charge in [-0.1, -0.05) is 110 Å². The molecule has 109 heavy (non-hydrogen) atoms. The van der Waals surface area contributed by atoms with E-state index in [-0.39, 0.29) is 62.5 Å². The van der Waals surface area contributed by atoms with E-state index in [0.29, 0.717) is 64.5 Å². The zero-order chi connectivity index (χ0) is 80.5. The van der Waals surface area contributed by atoms with E-state index in [0.717, 1.165) is 72.1 Å². The summed E-state index contributed by atoms with van der Waals surface area (Å²) in [5.41, 5.74) is -2.81. The molecule has 3 saturated carbocycles. The van der Waals surface area contributed by atoms with Crippen molar-refractivity contribution in [2.75, 3.05) is 88.6 Å². The lowest BCUT2D eigenvalue weighted by atomic mass is 9.84. The van der Waals surface area contributed by atoms with E-state index in [2.05, 4.69) is 16.0 Å². The van der Waals surface area contributed by atoms with Gasteiger partial charge in [-0.15, -0.1) is 0 Å². The number of carbonyl (C=O) groups is 13. The molecule has 32 heteroatoms. The van der Waals surface area contributed by atoms with Gasteiger partial charge in [-0.3, -0.25) is 62.3 Å². The average Bonchev–Trinajstić information content (AvgIpc) is 1.76. The molecule has 0 bridgehead atoms. The van der Waals surface area contributed by atoms with Crippen LogP contribution in [-0.4, -0.2) is 280 Å². The molecule has 10 atom stereocenters. The first-order valence-corrected chi connectivity index (χ1v) is 39.5. The van der Waals surface area contributed by atoms with Crippen molar-refractivity contribution in [3.8, 4) is 0 Å². The molecule has 8 rings (SSSR count). The first-order valence-electron chi connectivity index (χ1n) is 39.1. The number of likely N-dealkylation sites (tertiary alicyclic amines) is 2. The molecule has 3 N–H and O–H groups in total. The van der Waals surface area contributed by atoms with Gasteiger partial charge in [0, 0.05) is 94.9 Å². The maximum atomic E-state index is 15.9. The fourth-order valence-electron chi connectivity index (χ4n) is 16.7. The van der Waals surface area contributed by atoms with Crippen LogP contribution in [0.3, 0.4) is 0 Å². The number of halogens is 6. The average molecular weight is 1560 g/mol. The maximum Gasteiger partial charge on any atom is 0.417 e. The van der Waals surface area contributed by atoms with Crippen LogP contribution in [0.1, 0.15) is 193 Å². The Morgan fingerprint density at radius 1 is 0.624 bits per heavy atom. The van der Waals surface area contributed by atoms with Crippen LogP contribution in [0.15, 0.2) is 18.2 Å². The summed E-state index contributed by atoms with van der Waals surface area (Å²) >= 11 is 6.19. The van der Waals surface area contributed by atoms with Gasteiger partial charge < -0.3 is 64.9 Å². The molecule has 13 amide bonds. The summed E-state index contributed by atoms with van der Waals surface area (Å²) in [5, 5.41) is 7.83. The smallest absolute Gasteiger partial charge is 0.343 e. The number of nitrogens with one attached hydrogen (secondary N) is 3. The number of fused-ring (bicyclic) bond motifs is 1. The number of benzene rings is 1. The summed E-state index contributed by atoms with van der Waals surface area (Å²) in [6.45, 7) is 7.90. The fourth-order valence-corrected chi connectivity index (χ4v) is 17.0. The lowest BCUT2D eigenvalue weighted by molar-refractivity contribution is -0.160. The number of rotatable bonds is 13. The molecule has 7 fully saturated rings. The number of piperidine rings is 1. The van der Waals surface area contributed by atoms with Gasteiger partial charge in [0.25, 0.3) is 5.92 Å². The normalized spacial score (nSPS) is 28.0. The fraction of sp³-hybridized carbons (Fsp3) is 0.753. The van der Waals surface area contributed by atoms with E-state index >= 15 is 28.8 Å². The third-order valence-electron chi connectivity index (χ3n) is 24.4. The molecule has 0 unspecified atom stereocenters. The van der Waals surface area contributed by atoms with E-state index in [9.17, 15) is 55.5 Å². The lowest BCUT2D eigenvalue weighted by Gasteiger charge is -2.45.